The van der Waals surface area contributed by atoms with E-state index in [-0.39, 0.29) is 6.47 Å². The van der Waals surface area contributed by atoms with E-state index in [0.29, 0.717) is 0 Å². The van der Waals surface area contributed by atoms with Crippen molar-refractivity contribution >= 4 is 6.47 Å². The molecule has 0 aromatic heterocycles. The zero-order chi connectivity index (χ0) is 15.7. The summed E-state index contributed by atoms with van der Waals surface area (Å²) in [5.74, 6) is 0. The maximum atomic E-state index is 8.36. The molecule has 0 saturated heterocycles. The van der Waals surface area contributed by atoms with Gasteiger partial charge < -0.3 is 9.59 Å². The molecule has 0 spiro atoms. The number of nitrogens with zero attached hydrogens (tertiary/aromatic N) is 1. The van der Waals surface area contributed by atoms with Gasteiger partial charge in [-0.15, -0.1) is 0 Å². The number of rotatable bonds is 12. The lowest BCUT2D eigenvalue weighted by Gasteiger charge is -2.35. The molecule has 0 amide bonds. The normalized spacial score (nSPS) is 10.8. The highest BCUT2D eigenvalue weighted by Crippen LogP contribution is 2.13. The van der Waals surface area contributed by atoms with Gasteiger partial charge in [-0.05, 0) is 38.5 Å². The van der Waals surface area contributed by atoms with Crippen LogP contribution >= 0.6 is 0 Å². The Bertz CT molecular complexity index is 169. The Kier molecular flexibility index (Phi) is 17.9. The Balaban J connectivity index is 0. The average Bonchev–Trinajstić information content (AvgIpc) is 2.41. The van der Waals surface area contributed by atoms with Crippen molar-refractivity contribution in [1.29, 1.82) is 0 Å². The van der Waals surface area contributed by atoms with Crippen molar-refractivity contribution in [2.45, 2.75) is 78.6 Å². The van der Waals surface area contributed by atoms with Gasteiger partial charge in [-0.25, -0.2) is 0 Å². The van der Waals surface area contributed by atoms with Gasteiger partial charge in [0.2, 0.25) is 0 Å². The van der Waals surface area contributed by atoms with Gasteiger partial charge in [-0.2, -0.15) is 0 Å². The smallest absolute Gasteiger partial charge is 0.290 e. The van der Waals surface area contributed by atoms with E-state index >= 15 is 0 Å². The van der Waals surface area contributed by atoms with E-state index in [1.807, 2.05) is 0 Å². The molecule has 0 aromatic rings. The van der Waals surface area contributed by atoms with E-state index in [1.165, 1.54) is 81.9 Å². The van der Waals surface area contributed by atoms with Gasteiger partial charge in [0.15, 0.2) is 0 Å². The highest BCUT2D eigenvalue weighted by molar-refractivity contribution is 5.32. The first-order valence-electron chi connectivity index (χ1n) is 8.51. The van der Waals surface area contributed by atoms with E-state index in [4.69, 9.17) is 9.90 Å². The van der Waals surface area contributed by atoms with Crippen molar-refractivity contribution in [2.75, 3.05) is 26.7 Å². The summed E-state index contributed by atoms with van der Waals surface area (Å²) < 4.78 is 1.33. The molecular weight excluding hydrogens is 250 g/mol. The van der Waals surface area contributed by atoms with Crippen molar-refractivity contribution < 1.29 is 14.4 Å². The minimum absolute atomic E-state index is 0.250. The molecule has 0 unspecified atom stereocenters. The number of carboxylic acid groups (broad SMARTS) is 1. The molecule has 0 rings (SSSR count). The number of hydrogen-bond acceptors (Lipinski definition) is 1. The Hall–Kier alpha value is -0.570. The van der Waals surface area contributed by atoms with Crippen LogP contribution in [-0.4, -0.2) is 42.7 Å². The number of hydrogen-bond donors (Lipinski definition) is 1. The van der Waals surface area contributed by atoms with Crippen LogP contribution < -0.4 is 0 Å². The van der Waals surface area contributed by atoms with Gasteiger partial charge in [0.05, 0.1) is 26.7 Å². The van der Waals surface area contributed by atoms with Crippen molar-refractivity contribution in [1.82, 2.24) is 0 Å². The van der Waals surface area contributed by atoms with Gasteiger partial charge in [0, 0.05) is 0 Å². The molecule has 0 aliphatic heterocycles. The number of quaternary nitrogens is 1. The summed E-state index contributed by atoms with van der Waals surface area (Å²) in [6.07, 6.45) is 12.6. The molecule has 0 aromatic carbocycles. The lowest BCUT2D eigenvalue weighted by atomic mass is 10.1. The van der Waals surface area contributed by atoms with Crippen LogP contribution in [0, 0.1) is 0 Å². The van der Waals surface area contributed by atoms with E-state index in [0.717, 1.165) is 0 Å². The quantitative estimate of drug-likeness (QED) is 0.321. The second-order valence-corrected chi connectivity index (χ2v) is 6.02. The van der Waals surface area contributed by atoms with Crippen LogP contribution in [0.3, 0.4) is 0 Å². The van der Waals surface area contributed by atoms with Gasteiger partial charge >= 0.3 is 0 Å². The molecule has 1 N–H and O–H groups in total. The molecule has 3 nitrogen and oxygen atoms in total. The Morgan fingerprint density at radius 2 is 1.00 bits per heavy atom. The van der Waals surface area contributed by atoms with E-state index in [9.17, 15) is 0 Å². The van der Waals surface area contributed by atoms with Gasteiger partial charge in [-0.1, -0.05) is 40.0 Å². The van der Waals surface area contributed by atoms with Crippen LogP contribution in [0.2, 0.25) is 0 Å². The molecule has 0 heterocycles. The summed E-state index contributed by atoms with van der Waals surface area (Å²) in [5.41, 5.74) is 0. The zero-order valence-electron chi connectivity index (χ0n) is 14.4. The Labute approximate surface area is 127 Å². The molecule has 0 radical (unpaired) electrons. The minimum atomic E-state index is -0.250. The summed E-state index contributed by atoms with van der Waals surface area (Å²) in [7, 11) is 2.49. The molecule has 0 aliphatic carbocycles. The first-order chi connectivity index (χ1) is 9.60. The molecule has 0 atom stereocenters. The number of unbranched alkanes of at least 4 members (excludes halogenated alkanes) is 6. The van der Waals surface area contributed by atoms with Crippen molar-refractivity contribution in [3.63, 3.8) is 0 Å². The molecule has 0 saturated carbocycles. The predicted molar refractivity (Wildman–Crippen MR) is 88.1 cm³/mol. The molecule has 0 bridgehead atoms. The van der Waals surface area contributed by atoms with Gasteiger partial charge in [-0.3, -0.25) is 4.79 Å². The largest absolute Gasteiger partial charge is 0.483 e. The van der Waals surface area contributed by atoms with Crippen LogP contribution in [0.4, 0.5) is 0 Å². The lowest BCUT2D eigenvalue weighted by molar-refractivity contribution is -0.910. The summed E-state index contributed by atoms with van der Waals surface area (Å²) in [5, 5.41) is 6.89. The van der Waals surface area contributed by atoms with Crippen LogP contribution in [0.25, 0.3) is 0 Å². The van der Waals surface area contributed by atoms with Crippen LogP contribution in [0.1, 0.15) is 78.6 Å². The summed E-state index contributed by atoms with van der Waals surface area (Å²) >= 11 is 0. The highest BCUT2D eigenvalue weighted by Gasteiger charge is 2.19. The lowest BCUT2D eigenvalue weighted by Crippen LogP contribution is -2.46. The third kappa shape index (κ3) is 15.5. The van der Waals surface area contributed by atoms with Crippen LogP contribution in [0.15, 0.2) is 0 Å². The second-order valence-electron chi connectivity index (χ2n) is 6.02. The average molecular weight is 288 g/mol. The fourth-order valence-corrected chi connectivity index (χ4v) is 2.57. The van der Waals surface area contributed by atoms with Gasteiger partial charge in [0.1, 0.15) is 0 Å². The fraction of sp³-hybridized carbons (Fsp3) is 0.941. The van der Waals surface area contributed by atoms with E-state index in [1.54, 1.807) is 0 Å². The third-order valence-corrected chi connectivity index (χ3v) is 3.90. The summed E-state index contributed by atoms with van der Waals surface area (Å²) in [6, 6.07) is 0. The SMILES string of the molecule is CCCCC[N+](C)(CCCCC)CCCCC.O=CO. The molecule has 0 fully saturated rings. The summed E-state index contributed by atoms with van der Waals surface area (Å²) in [4.78, 5) is 8.36. The minimum Gasteiger partial charge on any atom is -0.483 e. The standard InChI is InChI=1S/C16H36N.CH2O2/c1-5-8-11-14-17(4,15-12-9-6-2)16-13-10-7-3;2-1-3/h5-16H2,1-4H3;1H,(H,2,3)/q+1;. The van der Waals surface area contributed by atoms with Gasteiger partial charge in [0.25, 0.3) is 6.47 Å². The van der Waals surface area contributed by atoms with E-state index < -0.39 is 0 Å². The first-order valence-corrected chi connectivity index (χ1v) is 8.51. The van der Waals surface area contributed by atoms with Crippen molar-refractivity contribution in [2.24, 2.45) is 0 Å². The second kappa shape index (κ2) is 16.5. The molecule has 122 valence electrons. The van der Waals surface area contributed by atoms with Crippen molar-refractivity contribution in [3.8, 4) is 0 Å². The molecule has 20 heavy (non-hydrogen) atoms. The zero-order valence-corrected chi connectivity index (χ0v) is 14.4. The maximum Gasteiger partial charge on any atom is 0.290 e. The Morgan fingerprint density at radius 1 is 0.750 bits per heavy atom. The molecular formula is C17H38NO2+. The van der Waals surface area contributed by atoms with Crippen LogP contribution in [-0.2, 0) is 4.79 Å². The first kappa shape index (κ1) is 21.7. The van der Waals surface area contributed by atoms with Crippen molar-refractivity contribution in [3.05, 3.63) is 0 Å². The Morgan fingerprint density at radius 3 is 1.20 bits per heavy atom. The molecule has 0 aliphatic rings. The topological polar surface area (TPSA) is 37.3 Å². The fourth-order valence-electron chi connectivity index (χ4n) is 2.57. The van der Waals surface area contributed by atoms with E-state index in [2.05, 4.69) is 27.8 Å². The monoisotopic (exact) mass is 288 g/mol. The summed E-state index contributed by atoms with van der Waals surface area (Å²) in [6.45, 7) is 10.9. The number of carbonyl (C=O) groups is 1. The third-order valence-electron chi connectivity index (χ3n) is 3.90. The maximum absolute atomic E-state index is 8.36. The predicted octanol–water partition coefficient (Wildman–Crippen LogP) is 4.70. The highest BCUT2D eigenvalue weighted by atomic mass is 16.3. The van der Waals surface area contributed by atoms with Crippen LogP contribution in [0.5, 0.6) is 0 Å². The molecule has 3 heteroatoms.